The number of carbonyl (C=O) groups is 1. The zero-order chi connectivity index (χ0) is 19.6. The van der Waals surface area contributed by atoms with Crippen LogP contribution in [-0.4, -0.2) is 26.5 Å². The van der Waals surface area contributed by atoms with Crippen molar-refractivity contribution in [3.8, 4) is 11.4 Å². The lowest BCUT2D eigenvalue weighted by molar-refractivity contribution is -0.113. The molecule has 1 amide bonds. The van der Waals surface area contributed by atoms with Crippen molar-refractivity contribution in [2.24, 2.45) is 0 Å². The molecular weight excluding hydrogens is 452 g/mol. The highest BCUT2D eigenvalue weighted by molar-refractivity contribution is 7.99. The first-order valence-electron chi connectivity index (χ1n) is 7.38. The van der Waals surface area contributed by atoms with E-state index in [1.807, 2.05) is 0 Å². The highest BCUT2D eigenvalue weighted by atomic mass is 35.5. The van der Waals surface area contributed by atoms with E-state index in [4.69, 9.17) is 52.2 Å². The SMILES string of the molecule is Nn1c(SCC(=O)Nc2cc(Cl)cc(Cl)c2)nnc1-c1ccc(Cl)cc1Cl. The molecule has 0 saturated carbocycles. The van der Waals surface area contributed by atoms with Crippen molar-refractivity contribution < 1.29 is 4.79 Å². The van der Waals surface area contributed by atoms with Crippen molar-refractivity contribution in [1.82, 2.24) is 14.9 Å². The van der Waals surface area contributed by atoms with Crippen LogP contribution in [0, 0.1) is 0 Å². The molecule has 0 saturated heterocycles. The maximum atomic E-state index is 12.1. The Labute approximate surface area is 178 Å². The summed E-state index contributed by atoms with van der Waals surface area (Å²) in [5, 5.41) is 12.8. The van der Waals surface area contributed by atoms with Gasteiger partial charge in [0.2, 0.25) is 11.1 Å². The zero-order valence-corrected chi connectivity index (χ0v) is 17.3. The number of thioether (sulfide) groups is 1. The number of hydrogen-bond donors (Lipinski definition) is 2. The van der Waals surface area contributed by atoms with Crippen molar-refractivity contribution in [3.63, 3.8) is 0 Å². The smallest absolute Gasteiger partial charge is 0.234 e. The van der Waals surface area contributed by atoms with Gasteiger partial charge in [-0.25, -0.2) is 4.68 Å². The summed E-state index contributed by atoms with van der Waals surface area (Å²) in [5.41, 5.74) is 1.09. The highest BCUT2D eigenvalue weighted by Gasteiger charge is 2.16. The van der Waals surface area contributed by atoms with Crippen LogP contribution in [0.2, 0.25) is 20.1 Å². The molecule has 1 aromatic heterocycles. The molecular formula is C16H11Cl4N5OS. The second-order valence-electron chi connectivity index (χ2n) is 5.30. The fraction of sp³-hybridized carbons (Fsp3) is 0.0625. The lowest BCUT2D eigenvalue weighted by Gasteiger charge is -2.07. The van der Waals surface area contributed by atoms with E-state index >= 15 is 0 Å². The number of nitrogens with two attached hydrogens (primary N) is 1. The fourth-order valence-electron chi connectivity index (χ4n) is 2.18. The van der Waals surface area contributed by atoms with Crippen LogP contribution in [0.1, 0.15) is 0 Å². The molecule has 0 aliphatic carbocycles. The Morgan fingerprint density at radius 2 is 1.74 bits per heavy atom. The van der Waals surface area contributed by atoms with E-state index in [1.54, 1.807) is 36.4 Å². The Hall–Kier alpha value is -1.64. The van der Waals surface area contributed by atoms with Gasteiger partial charge in [0.05, 0.1) is 10.8 Å². The molecule has 0 atom stereocenters. The van der Waals surface area contributed by atoms with Crippen LogP contribution in [0.25, 0.3) is 11.4 Å². The van der Waals surface area contributed by atoms with Gasteiger partial charge in [-0.1, -0.05) is 58.2 Å². The molecule has 0 bridgehead atoms. The first-order chi connectivity index (χ1) is 12.8. The number of benzene rings is 2. The van der Waals surface area contributed by atoms with E-state index in [-0.39, 0.29) is 11.7 Å². The van der Waals surface area contributed by atoms with E-state index in [1.165, 1.54) is 4.68 Å². The molecule has 27 heavy (non-hydrogen) atoms. The van der Waals surface area contributed by atoms with Gasteiger partial charge >= 0.3 is 0 Å². The summed E-state index contributed by atoms with van der Waals surface area (Å²) >= 11 is 25.0. The molecule has 2 aromatic carbocycles. The standard InChI is InChI=1S/C16H11Cl4N5OS/c17-8-1-2-12(13(20)6-8)15-23-24-16(25(15)21)27-7-14(26)22-11-4-9(18)3-10(19)5-11/h1-6H,7,21H2,(H,22,26). The lowest BCUT2D eigenvalue weighted by atomic mass is 10.2. The number of halogens is 4. The summed E-state index contributed by atoms with van der Waals surface area (Å²) in [4.78, 5) is 12.1. The van der Waals surface area contributed by atoms with Gasteiger partial charge in [-0.05, 0) is 36.4 Å². The maximum absolute atomic E-state index is 12.1. The summed E-state index contributed by atoms with van der Waals surface area (Å²) in [6, 6.07) is 9.73. The average molecular weight is 463 g/mol. The Bertz CT molecular complexity index is 990. The van der Waals surface area contributed by atoms with Crippen molar-refractivity contribution in [3.05, 3.63) is 56.5 Å². The Balaban J connectivity index is 1.68. The number of amides is 1. The number of nitrogen functional groups attached to an aromatic ring is 1. The number of rotatable bonds is 5. The number of anilines is 1. The minimum atomic E-state index is -0.271. The number of nitrogens with zero attached hydrogens (tertiary/aromatic N) is 3. The van der Waals surface area contributed by atoms with Gasteiger partial charge in [-0.3, -0.25) is 4.79 Å². The first kappa shape index (κ1) is 20.1. The highest BCUT2D eigenvalue weighted by Crippen LogP contribution is 2.30. The van der Waals surface area contributed by atoms with E-state index in [2.05, 4.69) is 15.5 Å². The minimum Gasteiger partial charge on any atom is -0.335 e. The molecule has 6 nitrogen and oxygen atoms in total. The maximum Gasteiger partial charge on any atom is 0.234 e. The van der Waals surface area contributed by atoms with Gasteiger partial charge in [-0.2, -0.15) is 0 Å². The topological polar surface area (TPSA) is 85.8 Å². The average Bonchev–Trinajstić information content (AvgIpc) is 2.93. The van der Waals surface area contributed by atoms with Gasteiger partial charge in [0.1, 0.15) is 0 Å². The van der Waals surface area contributed by atoms with E-state index in [0.717, 1.165) is 11.8 Å². The van der Waals surface area contributed by atoms with E-state index < -0.39 is 0 Å². The Morgan fingerprint density at radius 3 is 2.41 bits per heavy atom. The predicted octanol–water partition coefficient (Wildman–Crippen LogP) is 5.00. The Kier molecular flexibility index (Phi) is 6.39. The van der Waals surface area contributed by atoms with Crippen LogP contribution >= 0.6 is 58.2 Å². The molecule has 0 unspecified atom stereocenters. The third kappa shape index (κ3) is 5.00. The molecule has 0 radical (unpaired) electrons. The summed E-state index contributed by atoms with van der Waals surface area (Å²) < 4.78 is 1.27. The summed E-state index contributed by atoms with van der Waals surface area (Å²) in [6.45, 7) is 0. The molecule has 3 rings (SSSR count). The second kappa shape index (κ2) is 8.58. The quantitative estimate of drug-likeness (QED) is 0.411. The van der Waals surface area contributed by atoms with Crippen molar-refractivity contribution in [2.45, 2.75) is 5.16 Å². The third-order valence-electron chi connectivity index (χ3n) is 3.32. The van der Waals surface area contributed by atoms with Crippen LogP contribution in [0.15, 0.2) is 41.6 Å². The molecule has 0 aliphatic rings. The second-order valence-corrected chi connectivity index (χ2v) is 7.95. The van der Waals surface area contributed by atoms with Crippen LogP contribution in [0.3, 0.4) is 0 Å². The van der Waals surface area contributed by atoms with E-state index in [0.29, 0.717) is 42.3 Å². The fourth-order valence-corrected chi connectivity index (χ4v) is 3.86. The van der Waals surface area contributed by atoms with E-state index in [9.17, 15) is 4.79 Å². The summed E-state index contributed by atoms with van der Waals surface area (Å²) in [7, 11) is 0. The van der Waals surface area contributed by atoms with Crippen molar-refractivity contribution in [2.75, 3.05) is 16.9 Å². The van der Waals surface area contributed by atoms with Gasteiger partial charge in [-0.15, -0.1) is 10.2 Å². The molecule has 3 N–H and O–H groups in total. The van der Waals surface area contributed by atoms with Crippen LogP contribution in [-0.2, 0) is 4.79 Å². The predicted molar refractivity (Wildman–Crippen MR) is 111 cm³/mol. The van der Waals surface area contributed by atoms with Crippen molar-refractivity contribution in [1.29, 1.82) is 0 Å². The monoisotopic (exact) mass is 461 g/mol. The number of nitrogens with one attached hydrogen (secondary N) is 1. The third-order valence-corrected chi connectivity index (χ3v) is 5.24. The molecule has 11 heteroatoms. The minimum absolute atomic E-state index is 0.0633. The van der Waals surface area contributed by atoms with Gasteiger partial charge in [0.25, 0.3) is 0 Å². The number of aromatic nitrogens is 3. The first-order valence-corrected chi connectivity index (χ1v) is 9.88. The lowest BCUT2D eigenvalue weighted by Crippen LogP contribution is -2.16. The molecule has 0 aliphatic heterocycles. The van der Waals surface area contributed by atoms with Crippen molar-refractivity contribution >= 4 is 69.8 Å². The summed E-state index contributed by atoms with van der Waals surface area (Å²) in [6.07, 6.45) is 0. The number of carbonyl (C=O) groups excluding carboxylic acids is 1. The molecule has 0 fully saturated rings. The molecule has 3 aromatic rings. The Morgan fingerprint density at radius 1 is 1.04 bits per heavy atom. The largest absolute Gasteiger partial charge is 0.335 e. The molecule has 0 spiro atoms. The van der Waals surface area contributed by atoms with Crippen LogP contribution in [0.5, 0.6) is 0 Å². The van der Waals surface area contributed by atoms with Crippen LogP contribution < -0.4 is 11.2 Å². The normalized spacial score (nSPS) is 10.8. The summed E-state index contributed by atoms with van der Waals surface area (Å²) in [5.74, 6) is 6.19. The number of hydrogen-bond acceptors (Lipinski definition) is 5. The van der Waals surface area contributed by atoms with Gasteiger partial charge in [0.15, 0.2) is 5.82 Å². The van der Waals surface area contributed by atoms with Gasteiger partial charge < -0.3 is 11.2 Å². The zero-order valence-electron chi connectivity index (χ0n) is 13.4. The molecule has 1 heterocycles. The molecule has 140 valence electrons. The van der Waals surface area contributed by atoms with Crippen LogP contribution in [0.4, 0.5) is 5.69 Å². The van der Waals surface area contributed by atoms with Gasteiger partial charge in [0, 0.05) is 26.3 Å².